The van der Waals surface area contributed by atoms with Crippen LogP contribution in [0.1, 0.15) is 5.82 Å². The van der Waals surface area contributed by atoms with E-state index in [1.807, 2.05) is 24.4 Å². The average Bonchev–Trinajstić information content (AvgIpc) is 2.49. The largest absolute Gasteiger partial charge is 0.314 e. The number of nitrogens with one attached hydrogen (secondary N) is 1. The summed E-state index contributed by atoms with van der Waals surface area (Å²) in [6.45, 7) is 5.03. The molecule has 0 saturated carbocycles. The van der Waals surface area contributed by atoms with Crippen LogP contribution in [0.2, 0.25) is 0 Å². The van der Waals surface area contributed by atoms with Gasteiger partial charge in [-0.2, -0.15) is 0 Å². The van der Waals surface area contributed by atoms with Gasteiger partial charge in [0.1, 0.15) is 5.82 Å². The number of hydrogen-bond donors (Lipinski definition) is 1. The molecule has 2 aromatic rings. The third kappa shape index (κ3) is 3.13. The van der Waals surface area contributed by atoms with E-state index in [0.29, 0.717) is 0 Å². The van der Waals surface area contributed by atoms with E-state index in [0.717, 1.165) is 49.8 Å². The normalized spacial score (nSPS) is 16.4. The number of pyridine rings is 1. The fraction of sp³-hybridized carbons (Fsp3) is 0.357. The fourth-order valence-corrected chi connectivity index (χ4v) is 2.23. The number of nitrogens with zero attached hydrogens (tertiary/aromatic N) is 4. The molecule has 0 amide bonds. The molecule has 1 fully saturated rings. The van der Waals surface area contributed by atoms with Crippen LogP contribution in [0, 0.1) is 0 Å². The van der Waals surface area contributed by atoms with Crippen LogP contribution in [0.5, 0.6) is 0 Å². The van der Waals surface area contributed by atoms with Gasteiger partial charge in [0.15, 0.2) is 0 Å². The zero-order chi connectivity index (χ0) is 12.9. The molecule has 1 saturated heterocycles. The summed E-state index contributed by atoms with van der Waals surface area (Å²) >= 11 is 0. The van der Waals surface area contributed by atoms with Gasteiger partial charge in [-0.05, 0) is 18.2 Å². The van der Waals surface area contributed by atoms with Crippen molar-refractivity contribution in [3.05, 3.63) is 42.6 Å². The highest BCUT2D eigenvalue weighted by molar-refractivity contribution is 5.57. The number of aromatic nitrogens is 3. The molecule has 19 heavy (non-hydrogen) atoms. The second kappa shape index (κ2) is 5.86. The van der Waals surface area contributed by atoms with Crippen molar-refractivity contribution < 1.29 is 0 Å². The van der Waals surface area contributed by atoms with Crippen molar-refractivity contribution in [3.8, 4) is 11.3 Å². The van der Waals surface area contributed by atoms with Gasteiger partial charge in [-0.3, -0.25) is 9.88 Å². The smallest absolute Gasteiger partial charge is 0.142 e. The first-order chi connectivity index (χ1) is 9.42. The molecule has 1 aliphatic heterocycles. The Bertz CT molecular complexity index is 522. The molecule has 3 rings (SSSR count). The van der Waals surface area contributed by atoms with Crippen LogP contribution in [0.25, 0.3) is 11.3 Å². The van der Waals surface area contributed by atoms with Gasteiger partial charge in [0.05, 0.1) is 12.2 Å². The summed E-state index contributed by atoms with van der Waals surface area (Å²) < 4.78 is 0. The molecule has 0 spiro atoms. The molecule has 0 unspecified atom stereocenters. The maximum absolute atomic E-state index is 4.64. The highest BCUT2D eigenvalue weighted by Gasteiger charge is 2.11. The van der Waals surface area contributed by atoms with Gasteiger partial charge in [-0.15, -0.1) is 0 Å². The summed E-state index contributed by atoms with van der Waals surface area (Å²) in [4.78, 5) is 15.4. The molecule has 0 bridgehead atoms. The number of rotatable bonds is 3. The van der Waals surface area contributed by atoms with E-state index in [1.54, 1.807) is 12.4 Å². The highest BCUT2D eigenvalue weighted by Crippen LogP contribution is 2.15. The Morgan fingerprint density at radius 2 is 1.84 bits per heavy atom. The van der Waals surface area contributed by atoms with Crippen molar-refractivity contribution >= 4 is 0 Å². The topological polar surface area (TPSA) is 53.9 Å². The lowest BCUT2D eigenvalue weighted by Gasteiger charge is -2.26. The second-order valence-electron chi connectivity index (χ2n) is 4.62. The first-order valence-corrected chi connectivity index (χ1v) is 6.57. The Morgan fingerprint density at radius 1 is 1.05 bits per heavy atom. The highest BCUT2D eigenvalue weighted by atomic mass is 15.2. The zero-order valence-corrected chi connectivity index (χ0v) is 10.8. The zero-order valence-electron chi connectivity index (χ0n) is 10.8. The number of hydrogen-bond acceptors (Lipinski definition) is 5. The summed E-state index contributed by atoms with van der Waals surface area (Å²) in [5, 5.41) is 3.35. The minimum atomic E-state index is 0.820. The molecule has 2 aromatic heterocycles. The minimum absolute atomic E-state index is 0.820. The predicted octanol–water partition coefficient (Wildman–Crippen LogP) is 0.944. The predicted molar refractivity (Wildman–Crippen MR) is 73.4 cm³/mol. The Morgan fingerprint density at radius 3 is 2.63 bits per heavy atom. The van der Waals surface area contributed by atoms with Crippen LogP contribution >= 0.6 is 0 Å². The lowest BCUT2D eigenvalue weighted by molar-refractivity contribution is 0.228. The van der Waals surface area contributed by atoms with Gasteiger partial charge in [0, 0.05) is 50.3 Å². The van der Waals surface area contributed by atoms with E-state index < -0.39 is 0 Å². The van der Waals surface area contributed by atoms with Crippen molar-refractivity contribution in [2.45, 2.75) is 6.54 Å². The molecule has 98 valence electrons. The molecule has 0 aliphatic carbocycles. The summed E-state index contributed by atoms with van der Waals surface area (Å²) in [6, 6.07) is 5.88. The fourth-order valence-electron chi connectivity index (χ4n) is 2.23. The van der Waals surface area contributed by atoms with Crippen molar-refractivity contribution in [1.82, 2.24) is 25.2 Å². The van der Waals surface area contributed by atoms with Crippen molar-refractivity contribution in [2.75, 3.05) is 26.2 Å². The van der Waals surface area contributed by atoms with Crippen molar-refractivity contribution in [2.24, 2.45) is 0 Å². The second-order valence-corrected chi connectivity index (χ2v) is 4.62. The SMILES string of the molecule is c1cc(-c2ccnc(CN3CCNCC3)n2)ccn1. The molecule has 5 nitrogen and oxygen atoms in total. The van der Waals surface area contributed by atoms with E-state index in [2.05, 4.69) is 25.2 Å². The molecule has 0 aromatic carbocycles. The van der Waals surface area contributed by atoms with Crippen molar-refractivity contribution in [1.29, 1.82) is 0 Å². The lowest BCUT2D eigenvalue weighted by atomic mass is 10.2. The van der Waals surface area contributed by atoms with E-state index in [4.69, 9.17) is 0 Å². The Balaban J connectivity index is 1.76. The van der Waals surface area contributed by atoms with E-state index in [1.165, 1.54) is 0 Å². The van der Waals surface area contributed by atoms with Crippen LogP contribution in [-0.2, 0) is 6.54 Å². The van der Waals surface area contributed by atoms with Gasteiger partial charge in [0.2, 0.25) is 0 Å². The molecule has 1 aliphatic rings. The summed E-state index contributed by atoms with van der Waals surface area (Å²) in [5.41, 5.74) is 2.04. The summed E-state index contributed by atoms with van der Waals surface area (Å²) in [7, 11) is 0. The van der Waals surface area contributed by atoms with E-state index >= 15 is 0 Å². The molecule has 3 heterocycles. The minimum Gasteiger partial charge on any atom is -0.314 e. The standard InChI is InChI=1S/C14H17N5/c1-4-15-5-2-12(1)13-3-6-17-14(18-13)11-19-9-7-16-8-10-19/h1-6,16H,7-11H2. The summed E-state index contributed by atoms with van der Waals surface area (Å²) in [6.07, 6.45) is 5.40. The molecule has 5 heteroatoms. The van der Waals surface area contributed by atoms with Crippen molar-refractivity contribution in [3.63, 3.8) is 0 Å². The maximum atomic E-state index is 4.64. The molecule has 1 N–H and O–H groups in total. The Labute approximate surface area is 112 Å². The first-order valence-electron chi connectivity index (χ1n) is 6.57. The van der Waals surface area contributed by atoms with Crippen LogP contribution < -0.4 is 5.32 Å². The summed E-state index contributed by atoms with van der Waals surface area (Å²) in [5.74, 6) is 0.885. The molecular weight excluding hydrogens is 238 g/mol. The molecular formula is C14H17N5. The van der Waals surface area contributed by atoms with Gasteiger partial charge >= 0.3 is 0 Å². The Hall–Kier alpha value is -1.85. The van der Waals surface area contributed by atoms with Gasteiger partial charge in [0.25, 0.3) is 0 Å². The van der Waals surface area contributed by atoms with Gasteiger partial charge in [-0.25, -0.2) is 9.97 Å². The van der Waals surface area contributed by atoms with Gasteiger partial charge < -0.3 is 5.32 Å². The number of piperazine rings is 1. The average molecular weight is 255 g/mol. The molecule has 0 radical (unpaired) electrons. The van der Waals surface area contributed by atoms with Crippen LogP contribution in [0.15, 0.2) is 36.8 Å². The van der Waals surface area contributed by atoms with Crippen LogP contribution in [-0.4, -0.2) is 46.0 Å². The molecule has 0 atom stereocenters. The quantitative estimate of drug-likeness (QED) is 0.884. The van der Waals surface area contributed by atoms with Crippen LogP contribution in [0.3, 0.4) is 0 Å². The third-order valence-corrected chi connectivity index (χ3v) is 3.26. The van der Waals surface area contributed by atoms with E-state index in [9.17, 15) is 0 Å². The van der Waals surface area contributed by atoms with E-state index in [-0.39, 0.29) is 0 Å². The third-order valence-electron chi connectivity index (χ3n) is 3.26. The maximum Gasteiger partial charge on any atom is 0.142 e. The Kier molecular flexibility index (Phi) is 3.76. The lowest BCUT2D eigenvalue weighted by Crippen LogP contribution is -2.43. The van der Waals surface area contributed by atoms with Gasteiger partial charge in [-0.1, -0.05) is 0 Å². The van der Waals surface area contributed by atoms with Crippen LogP contribution in [0.4, 0.5) is 0 Å². The monoisotopic (exact) mass is 255 g/mol. The first kappa shape index (κ1) is 12.2.